The van der Waals surface area contributed by atoms with Crippen LogP contribution in [0.1, 0.15) is 30.5 Å². The van der Waals surface area contributed by atoms with Gasteiger partial charge in [-0.05, 0) is 30.5 Å². The molecule has 1 aromatic carbocycles. The lowest BCUT2D eigenvalue weighted by molar-refractivity contribution is -0.137. The van der Waals surface area contributed by atoms with E-state index in [-0.39, 0.29) is 24.7 Å². The Labute approximate surface area is 154 Å². The van der Waals surface area contributed by atoms with E-state index in [4.69, 9.17) is 5.11 Å². The first kappa shape index (κ1) is 18.1. The van der Waals surface area contributed by atoms with Gasteiger partial charge in [-0.15, -0.1) is 11.3 Å². The summed E-state index contributed by atoms with van der Waals surface area (Å²) in [7, 11) is 0. The number of aromatic nitrogens is 1. The Bertz CT molecular complexity index is 833. The number of hydrogen-bond donors (Lipinski definition) is 2. The molecule has 1 fully saturated rings. The van der Waals surface area contributed by atoms with Crippen LogP contribution in [0.25, 0.3) is 0 Å². The van der Waals surface area contributed by atoms with E-state index >= 15 is 0 Å². The van der Waals surface area contributed by atoms with Crippen LogP contribution < -0.4 is 10.2 Å². The Balaban J connectivity index is 1.57. The predicted octanol–water partition coefficient (Wildman–Crippen LogP) is 2.47. The number of nitrogens with one attached hydrogen (secondary N) is 1. The molecular formula is C18H19N3O4S. The molecule has 7 nitrogen and oxygen atoms in total. The third-order valence-corrected chi connectivity index (χ3v) is 4.94. The fraction of sp³-hybridized carbons (Fsp3) is 0.333. The van der Waals surface area contributed by atoms with Crippen molar-refractivity contribution in [3.8, 4) is 0 Å². The summed E-state index contributed by atoms with van der Waals surface area (Å²) < 4.78 is 0. The van der Waals surface area contributed by atoms with E-state index in [1.807, 2.05) is 6.07 Å². The maximum Gasteiger partial charge on any atom is 0.303 e. The molecule has 1 aromatic heterocycles. The number of hydrogen-bond acceptors (Lipinski definition) is 5. The lowest BCUT2D eigenvalue weighted by Gasteiger charge is -2.10. The summed E-state index contributed by atoms with van der Waals surface area (Å²) >= 11 is 1.37. The van der Waals surface area contributed by atoms with Crippen LogP contribution in [-0.4, -0.2) is 34.4 Å². The highest BCUT2D eigenvalue weighted by atomic mass is 32.1. The molecule has 0 unspecified atom stereocenters. The number of rotatable bonds is 7. The maximum atomic E-state index is 12.2. The molecule has 0 aliphatic carbocycles. The fourth-order valence-electron chi connectivity index (χ4n) is 2.78. The number of nitrogens with zero attached hydrogens (tertiary/aromatic N) is 2. The summed E-state index contributed by atoms with van der Waals surface area (Å²) in [5.41, 5.74) is 2.11. The Kier molecular flexibility index (Phi) is 5.62. The van der Waals surface area contributed by atoms with E-state index in [0.29, 0.717) is 35.9 Å². The number of aryl methyl sites for hydroxylation is 1. The zero-order valence-electron chi connectivity index (χ0n) is 14.1. The fourth-order valence-corrected chi connectivity index (χ4v) is 3.65. The van der Waals surface area contributed by atoms with Crippen LogP contribution in [0.5, 0.6) is 0 Å². The Morgan fingerprint density at radius 3 is 2.92 bits per heavy atom. The van der Waals surface area contributed by atoms with Crippen molar-refractivity contribution in [3.63, 3.8) is 0 Å². The number of aliphatic carboxylic acids is 1. The molecule has 1 aliphatic rings. The molecule has 0 bridgehead atoms. The van der Waals surface area contributed by atoms with Crippen LogP contribution in [0.2, 0.25) is 0 Å². The lowest BCUT2D eigenvalue weighted by atomic mass is 10.1. The Morgan fingerprint density at radius 2 is 2.19 bits per heavy atom. The molecule has 136 valence electrons. The molecule has 8 heteroatoms. The van der Waals surface area contributed by atoms with Crippen molar-refractivity contribution in [2.75, 3.05) is 16.8 Å². The number of anilines is 2. The highest BCUT2D eigenvalue weighted by molar-refractivity contribution is 7.14. The van der Waals surface area contributed by atoms with Gasteiger partial charge in [0.1, 0.15) is 0 Å². The summed E-state index contributed by atoms with van der Waals surface area (Å²) in [4.78, 5) is 40.7. The van der Waals surface area contributed by atoms with Gasteiger partial charge in [0.25, 0.3) is 0 Å². The number of benzene rings is 1. The van der Waals surface area contributed by atoms with Crippen molar-refractivity contribution in [3.05, 3.63) is 40.9 Å². The van der Waals surface area contributed by atoms with Crippen LogP contribution in [0.3, 0.4) is 0 Å². The van der Waals surface area contributed by atoms with Crippen molar-refractivity contribution >= 4 is 39.9 Å². The Hall–Kier alpha value is -2.74. The molecule has 3 rings (SSSR count). The van der Waals surface area contributed by atoms with Gasteiger partial charge in [0.15, 0.2) is 5.13 Å². The van der Waals surface area contributed by atoms with Crippen molar-refractivity contribution in [1.82, 2.24) is 4.98 Å². The monoisotopic (exact) mass is 373 g/mol. The van der Waals surface area contributed by atoms with Gasteiger partial charge in [-0.2, -0.15) is 0 Å². The largest absolute Gasteiger partial charge is 0.481 e. The van der Waals surface area contributed by atoms with Gasteiger partial charge in [0, 0.05) is 30.5 Å². The van der Waals surface area contributed by atoms with E-state index in [2.05, 4.69) is 10.3 Å². The van der Waals surface area contributed by atoms with Gasteiger partial charge in [-0.1, -0.05) is 12.1 Å². The van der Waals surface area contributed by atoms with Crippen LogP contribution in [0.15, 0.2) is 29.6 Å². The maximum absolute atomic E-state index is 12.2. The number of amides is 2. The average Bonchev–Trinajstić information content (AvgIpc) is 3.22. The van der Waals surface area contributed by atoms with Crippen LogP contribution >= 0.6 is 11.3 Å². The molecular weight excluding hydrogens is 354 g/mol. The Morgan fingerprint density at radius 1 is 1.35 bits per heavy atom. The van der Waals surface area contributed by atoms with Crippen LogP contribution in [-0.2, 0) is 27.2 Å². The summed E-state index contributed by atoms with van der Waals surface area (Å²) in [6.45, 7) is 0.682. The molecule has 0 atom stereocenters. The highest BCUT2D eigenvalue weighted by Gasteiger charge is 2.24. The summed E-state index contributed by atoms with van der Waals surface area (Å²) in [5, 5.41) is 14.0. The van der Waals surface area contributed by atoms with Gasteiger partial charge < -0.3 is 10.4 Å². The number of carbonyl (C=O) groups excluding carboxylic acids is 2. The first-order chi connectivity index (χ1) is 12.5. The standard InChI is InChI=1S/C18H19N3O4S/c22-15(19-13-4-1-3-12(9-13)6-7-17(24)25)10-14-11-26-18(20-14)21-8-2-5-16(21)23/h1,3-4,9,11H,2,5-8,10H2,(H,19,22)(H,24,25). The highest BCUT2D eigenvalue weighted by Crippen LogP contribution is 2.25. The van der Waals surface area contributed by atoms with Gasteiger partial charge in [-0.25, -0.2) is 4.98 Å². The number of carboxylic acids is 1. The molecule has 2 heterocycles. The first-order valence-corrected chi connectivity index (χ1v) is 9.24. The second-order valence-corrected chi connectivity index (χ2v) is 6.93. The average molecular weight is 373 g/mol. The van der Waals surface area contributed by atoms with E-state index in [1.54, 1.807) is 28.5 Å². The molecule has 26 heavy (non-hydrogen) atoms. The molecule has 2 N–H and O–H groups in total. The molecule has 2 amide bonds. The SMILES string of the molecule is O=C(O)CCc1cccc(NC(=O)Cc2csc(N3CCCC3=O)n2)c1. The smallest absolute Gasteiger partial charge is 0.303 e. The predicted molar refractivity (Wildman–Crippen MR) is 98.4 cm³/mol. The summed E-state index contributed by atoms with van der Waals surface area (Å²) in [5.74, 6) is -0.978. The lowest BCUT2D eigenvalue weighted by Crippen LogP contribution is -2.23. The van der Waals surface area contributed by atoms with Gasteiger partial charge >= 0.3 is 5.97 Å². The number of carboxylic acid groups (broad SMARTS) is 1. The van der Waals surface area contributed by atoms with Gasteiger partial charge in [0.05, 0.1) is 12.1 Å². The minimum atomic E-state index is -0.852. The third kappa shape index (κ3) is 4.66. The number of thiazole rings is 1. The molecule has 0 radical (unpaired) electrons. The van der Waals surface area contributed by atoms with Crippen LogP contribution in [0.4, 0.5) is 10.8 Å². The minimum absolute atomic E-state index is 0.0498. The molecule has 0 saturated carbocycles. The second-order valence-electron chi connectivity index (χ2n) is 6.09. The summed E-state index contributed by atoms with van der Waals surface area (Å²) in [6, 6.07) is 7.15. The van der Waals surface area contributed by atoms with Crippen LogP contribution in [0, 0.1) is 0 Å². The normalized spacial score (nSPS) is 13.8. The summed E-state index contributed by atoms with van der Waals surface area (Å²) in [6.07, 6.45) is 1.98. The van der Waals surface area contributed by atoms with Crippen molar-refractivity contribution < 1.29 is 19.5 Å². The first-order valence-electron chi connectivity index (χ1n) is 8.36. The van der Waals surface area contributed by atoms with E-state index in [0.717, 1.165) is 12.0 Å². The molecule has 1 aliphatic heterocycles. The molecule has 2 aromatic rings. The van der Waals surface area contributed by atoms with Crippen molar-refractivity contribution in [2.24, 2.45) is 0 Å². The van der Waals surface area contributed by atoms with Crippen molar-refractivity contribution in [2.45, 2.75) is 32.1 Å². The molecule has 1 saturated heterocycles. The van der Waals surface area contributed by atoms with Crippen molar-refractivity contribution in [1.29, 1.82) is 0 Å². The third-order valence-electron chi connectivity index (χ3n) is 4.02. The van der Waals surface area contributed by atoms with E-state index in [1.165, 1.54) is 11.3 Å². The van der Waals surface area contributed by atoms with Gasteiger partial charge in [-0.3, -0.25) is 19.3 Å². The number of carbonyl (C=O) groups is 3. The quantitative estimate of drug-likeness (QED) is 0.777. The zero-order valence-corrected chi connectivity index (χ0v) is 14.9. The topological polar surface area (TPSA) is 99.6 Å². The van der Waals surface area contributed by atoms with E-state index < -0.39 is 5.97 Å². The second kappa shape index (κ2) is 8.09. The minimum Gasteiger partial charge on any atom is -0.481 e. The van der Waals surface area contributed by atoms with Gasteiger partial charge in [0.2, 0.25) is 11.8 Å². The zero-order chi connectivity index (χ0) is 18.5. The molecule has 0 spiro atoms. The van der Waals surface area contributed by atoms with E-state index in [9.17, 15) is 14.4 Å².